The Balaban J connectivity index is 1.91. The molecule has 0 saturated carbocycles. The minimum atomic E-state index is -2.81. The van der Waals surface area contributed by atoms with Gasteiger partial charge in [0.15, 0.2) is 15.7 Å². The van der Waals surface area contributed by atoms with E-state index in [1.165, 1.54) is 0 Å². The second-order valence-electron chi connectivity index (χ2n) is 5.10. The maximum Gasteiger partial charge on any atom is 0.194 e. The molecule has 5 nitrogen and oxygen atoms in total. The largest absolute Gasteiger partial charge is 0.449 e. The van der Waals surface area contributed by atoms with Crippen molar-refractivity contribution in [2.75, 3.05) is 18.6 Å². The lowest BCUT2D eigenvalue weighted by Crippen LogP contribution is -2.23. The third-order valence-corrected chi connectivity index (χ3v) is 5.23. The van der Waals surface area contributed by atoms with E-state index in [-0.39, 0.29) is 11.7 Å². The molecule has 6 heteroatoms. The van der Waals surface area contributed by atoms with Crippen LogP contribution in [0.1, 0.15) is 24.9 Å². The van der Waals surface area contributed by atoms with Gasteiger partial charge in [-0.15, -0.1) is 0 Å². The fourth-order valence-electron chi connectivity index (χ4n) is 2.23. The van der Waals surface area contributed by atoms with Crippen molar-refractivity contribution >= 4 is 9.84 Å². The summed E-state index contributed by atoms with van der Waals surface area (Å²) in [5, 5.41) is 3.15. The molecule has 0 aliphatic carbocycles. The van der Waals surface area contributed by atoms with E-state index in [1.54, 1.807) is 6.26 Å². The SMILES string of the molecule is CNC(C)Cc1coc(CC2CCS(=O)(=O)C2)n1. The Hall–Kier alpha value is -0.880. The fraction of sp³-hybridized carbons (Fsp3) is 0.750. The normalized spacial score (nSPS) is 24.2. The van der Waals surface area contributed by atoms with Gasteiger partial charge in [-0.2, -0.15) is 0 Å². The third-order valence-electron chi connectivity index (χ3n) is 3.40. The van der Waals surface area contributed by atoms with Crippen molar-refractivity contribution in [2.24, 2.45) is 5.92 Å². The minimum absolute atomic E-state index is 0.170. The van der Waals surface area contributed by atoms with Gasteiger partial charge in [0.05, 0.1) is 17.2 Å². The van der Waals surface area contributed by atoms with E-state index >= 15 is 0 Å². The van der Waals surface area contributed by atoms with Crippen LogP contribution in [0, 0.1) is 5.92 Å². The summed E-state index contributed by atoms with van der Waals surface area (Å²) in [6.07, 6.45) is 3.86. The number of hydrogen-bond acceptors (Lipinski definition) is 5. The Morgan fingerprint density at radius 1 is 1.61 bits per heavy atom. The quantitative estimate of drug-likeness (QED) is 0.858. The molecule has 102 valence electrons. The van der Waals surface area contributed by atoms with E-state index in [1.807, 2.05) is 7.05 Å². The highest BCUT2D eigenvalue weighted by molar-refractivity contribution is 7.91. The summed E-state index contributed by atoms with van der Waals surface area (Å²) in [4.78, 5) is 4.41. The van der Waals surface area contributed by atoms with Gasteiger partial charge in [-0.05, 0) is 26.3 Å². The lowest BCUT2D eigenvalue weighted by Gasteiger charge is -2.06. The van der Waals surface area contributed by atoms with Gasteiger partial charge in [0.2, 0.25) is 0 Å². The van der Waals surface area contributed by atoms with Gasteiger partial charge in [-0.1, -0.05) is 0 Å². The second-order valence-corrected chi connectivity index (χ2v) is 7.33. The van der Waals surface area contributed by atoms with Gasteiger partial charge in [0, 0.05) is 18.9 Å². The monoisotopic (exact) mass is 272 g/mol. The Kier molecular flexibility index (Phi) is 4.07. The van der Waals surface area contributed by atoms with Gasteiger partial charge in [-0.25, -0.2) is 13.4 Å². The van der Waals surface area contributed by atoms with Gasteiger partial charge >= 0.3 is 0 Å². The number of sulfone groups is 1. The first-order valence-electron chi connectivity index (χ1n) is 6.29. The van der Waals surface area contributed by atoms with Crippen LogP contribution in [0.2, 0.25) is 0 Å². The molecule has 2 rings (SSSR count). The first kappa shape index (κ1) is 13.5. The smallest absolute Gasteiger partial charge is 0.194 e. The molecule has 1 aromatic heterocycles. The van der Waals surface area contributed by atoms with Crippen molar-refractivity contribution in [3.8, 4) is 0 Å². The summed E-state index contributed by atoms with van der Waals surface area (Å²) in [6.45, 7) is 2.08. The van der Waals surface area contributed by atoms with Crippen LogP contribution in [0.4, 0.5) is 0 Å². The molecule has 1 fully saturated rings. The van der Waals surface area contributed by atoms with Crippen LogP contribution in [0.5, 0.6) is 0 Å². The molecule has 1 aliphatic rings. The van der Waals surface area contributed by atoms with Gasteiger partial charge in [0.25, 0.3) is 0 Å². The highest BCUT2D eigenvalue weighted by Crippen LogP contribution is 2.22. The number of oxazole rings is 1. The van der Waals surface area contributed by atoms with Crippen LogP contribution in [-0.4, -0.2) is 38.0 Å². The minimum Gasteiger partial charge on any atom is -0.449 e. The fourth-order valence-corrected chi connectivity index (χ4v) is 4.09. The number of aromatic nitrogens is 1. The molecule has 0 bridgehead atoms. The maximum absolute atomic E-state index is 11.4. The van der Waals surface area contributed by atoms with E-state index < -0.39 is 9.84 Å². The molecular weight excluding hydrogens is 252 g/mol. The molecule has 2 heterocycles. The number of nitrogens with one attached hydrogen (secondary N) is 1. The van der Waals surface area contributed by atoms with E-state index in [0.717, 1.165) is 18.5 Å². The van der Waals surface area contributed by atoms with Crippen LogP contribution in [0.15, 0.2) is 10.7 Å². The number of rotatable bonds is 5. The number of likely N-dealkylation sites (N-methyl/N-ethyl adjacent to an activating group) is 1. The van der Waals surface area contributed by atoms with Crippen LogP contribution in [0.3, 0.4) is 0 Å². The average Bonchev–Trinajstić information content (AvgIpc) is 2.86. The molecule has 0 radical (unpaired) electrons. The molecule has 0 spiro atoms. The zero-order chi connectivity index (χ0) is 13.2. The lowest BCUT2D eigenvalue weighted by molar-refractivity contribution is 0.446. The Bertz CT molecular complexity index is 495. The summed E-state index contributed by atoms with van der Waals surface area (Å²) in [5.41, 5.74) is 0.924. The van der Waals surface area contributed by atoms with Crippen LogP contribution in [0.25, 0.3) is 0 Å². The Morgan fingerprint density at radius 3 is 3.00 bits per heavy atom. The van der Waals surface area contributed by atoms with Gasteiger partial charge in [-0.3, -0.25) is 0 Å². The van der Waals surface area contributed by atoms with Gasteiger partial charge < -0.3 is 9.73 Å². The van der Waals surface area contributed by atoms with E-state index in [0.29, 0.717) is 24.1 Å². The van der Waals surface area contributed by atoms with Crippen molar-refractivity contribution in [1.82, 2.24) is 10.3 Å². The summed E-state index contributed by atoms with van der Waals surface area (Å²) in [6, 6.07) is 0.356. The van der Waals surface area contributed by atoms with Crippen LogP contribution < -0.4 is 5.32 Å². The summed E-state index contributed by atoms with van der Waals surface area (Å²) in [7, 11) is -0.899. The molecule has 2 atom stereocenters. The van der Waals surface area contributed by atoms with Crippen molar-refractivity contribution in [2.45, 2.75) is 32.2 Å². The summed E-state index contributed by atoms with van der Waals surface area (Å²) >= 11 is 0. The van der Waals surface area contributed by atoms with Crippen LogP contribution in [-0.2, 0) is 22.7 Å². The predicted octanol–water partition coefficient (Wildman–Crippen LogP) is 0.802. The maximum atomic E-state index is 11.4. The standard InChI is InChI=1S/C12H20N2O3S/c1-9(13-2)5-11-7-17-12(14-11)6-10-3-4-18(15,16)8-10/h7,9-10,13H,3-6,8H2,1-2H3. The molecule has 0 amide bonds. The van der Waals surface area contributed by atoms with E-state index in [2.05, 4.69) is 17.2 Å². The molecule has 1 aliphatic heterocycles. The Labute approximate surface area is 108 Å². The molecular formula is C12H20N2O3S. The molecule has 1 aromatic rings. The molecule has 18 heavy (non-hydrogen) atoms. The van der Waals surface area contributed by atoms with Crippen molar-refractivity contribution < 1.29 is 12.8 Å². The van der Waals surface area contributed by atoms with E-state index in [9.17, 15) is 8.42 Å². The third kappa shape index (κ3) is 3.55. The average molecular weight is 272 g/mol. The predicted molar refractivity (Wildman–Crippen MR) is 69.2 cm³/mol. The first-order chi connectivity index (χ1) is 8.48. The van der Waals surface area contributed by atoms with Crippen molar-refractivity contribution in [3.63, 3.8) is 0 Å². The highest BCUT2D eigenvalue weighted by Gasteiger charge is 2.29. The first-order valence-corrected chi connectivity index (χ1v) is 8.11. The second kappa shape index (κ2) is 5.40. The van der Waals surface area contributed by atoms with Crippen molar-refractivity contribution in [3.05, 3.63) is 17.8 Å². The molecule has 1 N–H and O–H groups in total. The summed E-state index contributed by atoms with van der Waals surface area (Å²) in [5.74, 6) is 1.42. The number of hydrogen-bond donors (Lipinski definition) is 1. The molecule has 0 aromatic carbocycles. The zero-order valence-electron chi connectivity index (χ0n) is 10.8. The van der Waals surface area contributed by atoms with Crippen molar-refractivity contribution in [1.29, 1.82) is 0 Å². The topological polar surface area (TPSA) is 72.2 Å². The highest BCUT2D eigenvalue weighted by atomic mass is 32.2. The molecule has 2 unspecified atom stereocenters. The Morgan fingerprint density at radius 2 is 2.39 bits per heavy atom. The zero-order valence-corrected chi connectivity index (χ0v) is 11.7. The molecule has 1 saturated heterocycles. The number of nitrogens with zero attached hydrogens (tertiary/aromatic N) is 1. The van der Waals surface area contributed by atoms with E-state index in [4.69, 9.17) is 4.42 Å². The van der Waals surface area contributed by atoms with Gasteiger partial charge in [0.1, 0.15) is 6.26 Å². The lowest BCUT2D eigenvalue weighted by atomic mass is 10.1. The summed E-state index contributed by atoms with van der Waals surface area (Å²) < 4.78 is 28.1. The van der Waals surface area contributed by atoms with Crippen LogP contribution >= 0.6 is 0 Å².